The monoisotopic (exact) mass is 321 g/mol. The predicted octanol–water partition coefficient (Wildman–Crippen LogP) is 4.14. The van der Waals surface area contributed by atoms with E-state index in [2.05, 4.69) is 9.97 Å². The Morgan fingerprint density at radius 3 is 2.64 bits per heavy atom. The molecule has 22 heavy (non-hydrogen) atoms. The lowest BCUT2D eigenvalue weighted by atomic mass is 9.98. The van der Waals surface area contributed by atoms with E-state index >= 15 is 0 Å². The normalized spacial score (nSPS) is 10.5. The number of halogens is 3. The van der Waals surface area contributed by atoms with E-state index in [1.807, 2.05) is 6.92 Å². The van der Waals surface area contributed by atoms with Gasteiger partial charge in [-0.25, -0.2) is 13.8 Å². The average molecular weight is 322 g/mol. The molecule has 3 aromatic rings. The van der Waals surface area contributed by atoms with Crippen molar-refractivity contribution in [2.45, 2.75) is 13.3 Å². The zero-order valence-corrected chi connectivity index (χ0v) is 12.6. The molecule has 0 atom stereocenters. The Morgan fingerprint density at radius 1 is 1.14 bits per heavy atom. The Hall–Kier alpha value is -2.27. The smallest absolute Gasteiger partial charge is 0.136 e. The van der Waals surface area contributed by atoms with Crippen molar-refractivity contribution in [2.75, 3.05) is 5.73 Å². The SMILES string of the molecule is CCc1nc(N)ccc1-c1c(F)cc(F)c2cccnc12.Cl. The molecule has 114 valence electrons. The maximum Gasteiger partial charge on any atom is 0.136 e. The zero-order valence-electron chi connectivity index (χ0n) is 11.8. The van der Waals surface area contributed by atoms with Crippen LogP contribution >= 0.6 is 12.4 Å². The number of hydrogen-bond donors (Lipinski definition) is 1. The molecule has 2 aromatic heterocycles. The minimum Gasteiger partial charge on any atom is -0.384 e. The van der Waals surface area contributed by atoms with Gasteiger partial charge >= 0.3 is 0 Å². The number of aromatic nitrogens is 2. The summed E-state index contributed by atoms with van der Waals surface area (Å²) in [7, 11) is 0. The highest BCUT2D eigenvalue weighted by Gasteiger charge is 2.17. The van der Waals surface area contributed by atoms with E-state index in [0.29, 0.717) is 23.5 Å². The van der Waals surface area contributed by atoms with Crippen LogP contribution in [0.1, 0.15) is 12.6 Å². The molecule has 0 saturated carbocycles. The molecule has 0 bridgehead atoms. The summed E-state index contributed by atoms with van der Waals surface area (Å²) in [5.41, 5.74) is 7.47. The first-order valence-corrected chi connectivity index (χ1v) is 6.60. The lowest BCUT2D eigenvalue weighted by Crippen LogP contribution is -2.00. The standard InChI is InChI=1S/C16H13F2N3.ClH/c1-2-13-10(5-6-14(19)21-13)15-12(18)8-11(17)9-4-3-7-20-16(9)15;/h3-8H,2H2,1H3,(H2,19,21);1H. The highest BCUT2D eigenvalue weighted by atomic mass is 35.5. The summed E-state index contributed by atoms with van der Waals surface area (Å²) in [6.45, 7) is 1.91. The molecule has 1 aromatic carbocycles. The summed E-state index contributed by atoms with van der Waals surface area (Å²) in [6.07, 6.45) is 2.10. The molecule has 0 unspecified atom stereocenters. The molecule has 0 spiro atoms. The van der Waals surface area contributed by atoms with Gasteiger partial charge in [0.25, 0.3) is 0 Å². The summed E-state index contributed by atoms with van der Waals surface area (Å²) in [4.78, 5) is 8.37. The summed E-state index contributed by atoms with van der Waals surface area (Å²) in [6, 6.07) is 7.39. The van der Waals surface area contributed by atoms with Crippen LogP contribution in [0.4, 0.5) is 14.6 Å². The van der Waals surface area contributed by atoms with Crippen LogP contribution in [0.3, 0.4) is 0 Å². The van der Waals surface area contributed by atoms with Crippen LogP contribution < -0.4 is 5.73 Å². The second-order valence-corrected chi connectivity index (χ2v) is 4.70. The van der Waals surface area contributed by atoms with E-state index in [-0.39, 0.29) is 28.9 Å². The first-order valence-electron chi connectivity index (χ1n) is 6.60. The lowest BCUT2D eigenvalue weighted by Gasteiger charge is -2.12. The Kier molecular flexibility index (Phi) is 4.56. The number of nitrogens with zero attached hydrogens (tertiary/aromatic N) is 2. The first kappa shape index (κ1) is 16.1. The number of rotatable bonds is 2. The van der Waals surface area contributed by atoms with Gasteiger partial charge in [-0.1, -0.05) is 6.92 Å². The number of nitrogen functional groups attached to an aromatic ring is 1. The summed E-state index contributed by atoms with van der Waals surface area (Å²) in [5.74, 6) is -0.906. The molecule has 0 aliphatic heterocycles. The van der Waals surface area contributed by atoms with Gasteiger partial charge in [-0.3, -0.25) is 4.98 Å². The predicted molar refractivity (Wildman–Crippen MR) is 85.9 cm³/mol. The van der Waals surface area contributed by atoms with Crippen LogP contribution in [-0.2, 0) is 6.42 Å². The molecular formula is C16H14ClF2N3. The average Bonchev–Trinajstić information content (AvgIpc) is 2.48. The van der Waals surface area contributed by atoms with E-state index in [1.54, 1.807) is 24.3 Å². The largest absolute Gasteiger partial charge is 0.384 e. The molecule has 3 nitrogen and oxygen atoms in total. The van der Waals surface area contributed by atoms with Crippen molar-refractivity contribution >= 4 is 29.1 Å². The summed E-state index contributed by atoms with van der Waals surface area (Å²) < 4.78 is 28.2. The van der Waals surface area contributed by atoms with Gasteiger partial charge in [0.2, 0.25) is 0 Å². The van der Waals surface area contributed by atoms with Crippen molar-refractivity contribution in [3.8, 4) is 11.1 Å². The lowest BCUT2D eigenvalue weighted by molar-refractivity contribution is 0.593. The van der Waals surface area contributed by atoms with E-state index in [4.69, 9.17) is 5.73 Å². The van der Waals surface area contributed by atoms with E-state index in [0.717, 1.165) is 6.07 Å². The Balaban J connectivity index is 0.00000176. The number of hydrogen-bond acceptors (Lipinski definition) is 3. The Morgan fingerprint density at radius 2 is 1.91 bits per heavy atom. The number of benzene rings is 1. The molecule has 0 aliphatic rings. The third-order valence-electron chi connectivity index (χ3n) is 3.39. The summed E-state index contributed by atoms with van der Waals surface area (Å²) in [5, 5.41) is 0.285. The van der Waals surface area contributed by atoms with Crippen LogP contribution in [0.15, 0.2) is 36.5 Å². The number of fused-ring (bicyclic) bond motifs is 1. The fourth-order valence-electron chi connectivity index (χ4n) is 2.44. The van der Waals surface area contributed by atoms with Gasteiger partial charge in [0.1, 0.15) is 17.5 Å². The fraction of sp³-hybridized carbons (Fsp3) is 0.125. The van der Waals surface area contributed by atoms with Crippen LogP contribution in [0, 0.1) is 11.6 Å². The molecule has 0 amide bonds. The molecule has 0 fully saturated rings. The minimum absolute atomic E-state index is 0. The van der Waals surface area contributed by atoms with Crippen molar-refractivity contribution in [2.24, 2.45) is 0 Å². The maximum atomic E-state index is 14.3. The molecule has 2 N–H and O–H groups in total. The molecule has 3 rings (SSSR count). The highest BCUT2D eigenvalue weighted by molar-refractivity contribution is 5.94. The highest BCUT2D eigenvalue weighted by Crippen LogP contribution is 2.33. The number of aryl methyl sites for hydroxylation is 1. The van der Waals surface area contributed by atoms with Crippen molar-refractivity contribution in [1.82, 2.24) is 9.97 Å². The van der Waals surface area contributed by atoms with E-state index in [1.165, 1.54) is 6.20 Å². The molecule has 0 radical (unpaired) electrons. The molecule has 2 heterocycles. The summed E-state index contributed by atoms with van der Waals surface area (Å²) >= 11 is 0. The molecule has 0 aliphatic carbocycles. The second-order valence-electron chi connectivity index (χ2n) is 4.70. The second kappa shape index (κ2) is 6.23. The van der Waals surface area contributed by atoms with Crippen LogP contribution in [-0.4, -0.2) is 9.97 Å². The number of nitrogens with two attached hydrogens (primary N) is 1. The van der Waals surface area contributed by atoms with E-state index < -0.39 is 11.6 Å². The maximum absolute atomic E-state index is 14.3. The molecular weight excluding hydrogens is 308 g/mol. The zero-order chi connectivity index (χ0) is 15.0. The van der Waals surface area contributed by atoms with Gasteiger partial charge in [-0.2, -0.15) is 0 Å². The minimum atomic E-state index is -0.653. The van der Waals surface area contributed by atoms with Gasteiger partial charge in [-0.15, -0.1) is 12.4 Å². The van der Waals surface area contributed by atoms with Crippen LogP contribution in [0.5, 0.6) is 0 Å². The van der Waals surface area contributed by atoms with Gasteiger partial charge in [0.15, 0.2) is 0 Å². The number of anilines is 1. The quantitative estimate of drug-likeness (QED) is 0.771. The number of pyridine rings is 2. The van der Waals surface area contributed by atoms with Crippen molar-refractivity contribution < 1.29 is 8.78 Å². The van der Waals surface area contributed by atoms with Gasteiger partial charge < -0.3 is 5.73 Å². The van der Waals surface area contributed by atoms with Crippen molar-refractivity contribution in [3.63, 3.8) is 0 Å². The Labute approximate surface area is 132 Å². The fourth-order valence-corrected chi connectivity index (χ4v) is 2.44. The topological polar surface area (TPSA) is 51.8 Å². The third-order valence-corrected chi connectivity index (χ3v) is 3.39. The van der Waals surface area contributed by atoms with Crippen LogP contribution in [0.25, 0.3) is 22.0 Å². The van der Waals surface area contributed by atoms with Crippen molar-refractivity contribution in [3.05, 3.63) is 53.9 Å². The van der Waals surface area contributed by atoms with Gasteiger partial charge in [0, 0.05) is 28.8 Å². The van der Waals surface area contributed by atoms with Crippen LogP contribution in [0.2, 0.25) is 0 Å². The Bertz CT molecular complexity index is 837. The van der Waals surface area contributed by atoms with Crippen molar-refractivity contribution in [1.29, 1.82) is 0 Å². The molecule has 0 saturated heterocycles. The van der Waals surface area contributed by atoms with Gasteiger partial charge in [-0.05, 0) is 30.7 Å². The first-order chi connectivity index (χ1) is 10.1. The molecule has 6 heteroatoms. The van der Waals surface area contributed by atoms with E-state index in [9.17, 15) is 8.78 Å². The third kappa shape index (κ3) is 2.60. The van der Waals surface area contributed by atoms with Gasteiger partial charge in [0.05, 0.1) is 11.2 Å².